The van der Waals surface area contributed by atoms with Crippen molar-refractivity contribution in [1.29, 1.82) is 0 Å². The van der Waals surface area contributed by atoms with Crippen LogP contribution < -0.4 is 5.32 Å². The monoisotopic (exact) mass is 323 g/mol. The molecule has 0 amide bonds. The maximum Gasteiger partial charge on any atom is 0.207 e. The molecule has 4 nitrogen and oxygen atoms in total. The van der Waals surface area contributed by atoms with Gasteiger partial charge >= 0.3 is 0 Å². The van der Waals surface area contributed by atoms with Crippen molar-refractivity contribution in [1.82, 2.24) is 9.55 Å². The van der Waals surface area contributed by atoms with Gasteiger partial charge in [-0.2, -0.15) is 0 Å². The summed E-state index contributed by atoms with van der Waals surface area (Å²) >= 11 is 3.50. The highest BCUT2D eigenvalue weighted by Gasteiger charge is 2.04. The third-order valence-electron chi connectivity index (χ3n) is 2.88. The Morgan fingerprint density at radius 1 is 1.42 bits per heavy atom. The molecule has 0 aliphatic carbocycles. The first-order chi connectivity index (χ1) is 9.20. The summed E-state index contributed by atoms with van der Waals surface area (Å²) < 4.78 is 8.27. The Morgan fingerprint density at radius 3 is 3.00 bits per heavy atom. The van der Waals surface area contributed by atoms with Gasteiger partial charge in [0.2, 0.25) is 5.95 Å². The van der Waals surface area contributed by atoms with Gasteiger partial charge in [0.1, 0.15) is 0 Å². The molecular weight excluding hydrogens is 306 g/mol. The van der Waals surface area contributed by atoms with E-state index in [-0.39, 0.29) is 0 Å². The number of halogens is 1. The van der Waals surface area contributed by atoms with Gasteiger partial charge in [-0.1, -0.05) is 15.9 Å². The quantitative estimate of drug-likeness (QED) is 0.823. The minimum absolute atomic E-state index is 0.759. The molecule has 0 aliphatic heterocycles. The van der Waals surface area contributed by atoms with Crippen molar-refractivity contribution in [3.05, 3.63) is 40.6 Å². The zero-order valence-corrected chi connectivity index (χ0v) is 12.8. The van der Waals surface area contributed by atoms with E-state index < -0.39 is 0 Å². The molecule has 0 bridgehead atoms. The summed E-state index contributed by atoms with van der Waals surface area (Å²) in [6.45, 7) is 3.72. The summed E-state index contributed by atoms with van der Waals surface area (Å²) in [6, 6.07) is 6.17. The standard InChI is InChI=1S/C14H18BrN3O/c1-11-10-12(4-5-13(11)15)17-14-16-6-8-18(14)7-3-9-19-2/h4-6,8,10H,3,7,9H2,1-2H3,(H,16,17). The van der Waals surface area contributed by atoms with Crippen LogP contribution in [0.2, 0.25) is 0 Å². The highest BCUT2D eigenvalue weighted by atomic mass is 79.9. The van der Waals surface area contributed by atoms with E-state index in [4.69, 9.17) is 4.74 Å². The molecule has 0 spiro atoms. The van der Waals surface area contributed by atoms with Gasteiger partial charge in [-0.25, -0.2) is 4.98 Å². The van der Waals surface area contributed by atoms with E-state index in [1.54, 1.807) is 13.3 Å². The van der Waals surface area contributed by atoms with Crippen molar-refractivity contribution in [2.75, 3.05) is 19.0 Å². The molecule has 0 radical (unpaired) electrons. The molecule has 0 aliphatic rings. The lowest BCUT2D eigenvalue weighted by Crippen LogP contribution is -2.05. The van der Waals surface area contributed by atoms with Crippen LogP contribution in [0.3, 0.4) is 0 Å². The Balaban J connectivity index is 2.06. The van der Waals surface area contributed by atoms with Gasteiger partial charge in [-0.3, -0.25) is 0 Å². The van der Waals surface area contributed by atoms with Crippen LogP contribution >= 0.6 is 15.9 Å². The SMILES string of the molecule is COCCCn1ccnc1Nc1ccc(Br)c(C)c1. The molecule has 1 aromatic heterocycles. The summed E-state index contributed by atoms with van der Waals surface area (Å²) in [5, 5.41) is 3.34. The Hall–Kier alpha value is -1.33. The molecular formula is C14H18BrN3O. The van der Waals surface area contributed by atoms with Crippen molar-refractivity contribution < 1.29 is 4.74 Å². The maximum atomic E-state index is 5.07. The smallest absolute Gasteiger partial charge is 0.207 e. The summed E-state index contributed by atoms with van der Waals surface area (Å²) in [7, 11) is 1.72. The van der Waals surface area contributed by atoms with E-state index in [0.29, 0.717) is 0 Å². The Labute approximate surface area is 121 Å². The molecule has 1 N–H and O–H groups in total. The van der Waals surface area contributed by atoms with Crippen LogP contribution in [0.5, 0.6) is 0 Å². The van der Waals surface area contributed by atoms with Gasteiger partial charge in [-0.15, -0.1) is 0 Å². The fraction of sp³-hybridized carbons (Fsp3) is 0.357. The number of anilines is 2. The normalized spacial score (nSPS) is 10.7. The van der Waals surface area contributed by atoms with Crippen molar-refractivity contribution in [3.63, 3.8) is 0 Å². The lowest BCUT2D eigenvalue weighted by atomic mass is 10.2. The first-order valence-electron chi connectivity index (χ1n) is 6.24. The van der Waals surface area contributed by atoms with E-state index >= 15 is 0 Å². The first kappa shape index (κ1) is 14.1. The van der Waals surface area contributed by atoms with Gasteiger partial charge in [0.15, 0.2) is 0 Å². The molecule has 1 heterocycles. The van der Waals surface area contributed by atoms with Crippen LogP contribution in [-0.2, 0) is 11.3 Å². The highest BCUT2D eigenvalue weighted by molar-refractivity contribution is 9.10. The van der Waals surface area contributed by atoms with Gasteiger partial charge in [0.05, 0.1) is 0 Å². The number of rotatable bonds is 6. The zero-order valence-electron chi connectivity index (χ0n) is 11.2. The van der Waals surface area contributed by atoms with E-state index in [0.717, 1.165) is 35.7 Å². The third-order valence-corrected chi connectivity index (χ3v) is 3.77. The minimum Gasteiger partial charge on any atom is -0.385 e. The Kier molecular flexibility index (Phi) is 4.99. The average molecular weight is 324 g/mol. The molecule has 0 fully saturated rings. The number of hydrogen-bond donors (Lipinski definition) is 1. The molecule has 19 heavy (non-hydrogen) atoms. The largest absolute Gasteiger partial charge is 0.385 e. The second kappa shape index (κ2) is 6.73. The fourth-order valence-electron chi connectivity index (χ4n) is 1.84. The van der Waals surface area contributed by atoms with Gasteiger partial charge in [-0.05, 0) is 37.1 Å². The number of nitrogens with zero attached hydrogens (tertiary/aromatic N) is 2. The number of methoxy groups -OCH3 is 1. The second-order valence-corrected chi connectivity index (χ2v) is 5.23. The van der Waals surface area contributed by atoms with E-state index in [1.807, 2.05) is 18.3 Å². The van der Waals surface area contributed by atoms with Crippen LogP contribution in [0, 0.1) is 6.92 Å². The number of aromatic nitrogens is 2. The van der Waals surface area contributed by atoms with Crippen LogP contribution in [0.25, 0.3) is 0 Å². The number of hydrogen-bond acceptors (Lipinski definition) is 3. The topological polar surface area (TPSA) is 39.1 Å². The molecule has 2 aromatic rings. The highest BCUT2D eigenvalue weighted by Crippen LogP contribution is 2.22. The predicted molar refractivity (Wildman–Crippen MR) is 80.9 cm³/mol. The molecule has 102 valence electrons. The summed E-state index contributed by atoms with van der Waals surface area (Å²) in [5.41, 5.74) is 2.24. The maximum absolute atomic E-state index is 5.07. The van der Waals surface area contributed by atoms with Crippen molar-refractivity contribution in [2.24, 2.45) is 0 Å². The Bertz CT molecular complexity index is 539. The van der Waals surface area contributed by atoms with Crippen LogP contribution in [0.15, 0.2) is 35.1 Å². The molecule has 0 atom stereocenters. The van der Waals surface area contributed by atoms with Crippen molar-refractivity contribution >= 4 is 27.6 Å². The number of aryl methyl sites for hydroxylation is 2. The van der Waals surface area contributed by atoms with Gasteiger partial charge in [0, 0.05) is 42.8 Å². The van der Waals surface area contributed by atoms with Crippen LogP contribution in [0.1, 0.15) is 12.0 Å². The predicted octanol–water partition coefficient (Wildman–Crippen LogP) is 3.73. The first-order valence-corrected chi connectivity index (χ1v) is 7.03. The molecule has 0 saturated heterocycles. The van der Waals surface area contributed by atoms with E-state index in [1.165, 1.54) is 5.56 Å². The number of ether oxygens (including phenoxy) is 1. The summed E-state index contributed by atoms with van der Waals surface area (Å²) in [4.78, 5) is 4.34. The number of imidazole rings is 1. The molecule has 0 unspecified atom stereocenters. The van der Waals surface area contributed by atoms with Gasteiger partial charge < -0.3 is 14.6 Å². The number of nitrogens with one attached hydrogen (secondary N) is 1. The van der Waals surface area contributed by atoms with Crippen LogP contribution in [-0.4, -0.2) is 23.3 Å². The van der Waals surface area contributed by atoms with Crippen molar-refractivity contribution in [2.45, 2.75) is 19.9 Å². The average Bonchev–Trinajstić information content (AvgIpc) is 2.82. The molecule has 5 heteroatoms. The molecule has 0 saturated carbocycles. The lowest BCUT2D eigenvalue weighted by molar-refractivity contribution is 0.190. The Morgan fingerprint density at radius 2 is 2.26 bits per heavy atom. The van der Waals surface area contributed by atoms with Gasteiger partial charge in [0.25, 0.3) is 0 Å². The van der Waals surface area contributed by atoms with Crippen molar-refractivity contribution in [3.8, 4) is 0 Å². The minimum atomic E-state index is 0.759. The summed E-state index contributed by atoms with van der Waals surface area (Å²) in [6.07, 6.45) is 4.76. The zero-order chi connectivity index (χ0) is 13.7. The molecule has 2 rings (SSSR count). The molecule has 1 aromatic carbocycles. The number of benzene rings is 1. The second-order valence-electron chi connectivity index (χ2n) is 4.38. The van der Waals surface area contributed by atoms with Crippen LogP contribution in [0.4, 0.5) is 11.6 Å². The summed E-state index contributed by atoms with van der Waals surface area (Å²) in [5.74, 6) is 0.859. The lowest BCUT2D eigenvalue weighted by Gasteiger charge is -2.10. The van der Waals surface area contributed by atoms with E-state index in [2.05, 4.69) is 43.8 Å². The third kappa shape index (κ3) is 3.81. The van der Waals surface area contributed by atoms with E-state index in [9.17, 15) is 0 Å². The fourth-order valence-corrected chi connectivity index (χ4v) is 2.09.